The number of aliphatic hydroxyl groups is 1. The second-order valence-electron chi connectivity index (χ2n) is 17.5. The Labute approximate surface area is 364 Å². The molecule has 59 heavy (non-hydrogen) atoms. The van der Waals surface area contributed by atoms with Crippen molar-refractivity contribution in [2.24, 2.45) is 0 Å². The molecule has 1 amide bonds. The molecule has 3 N–H and O–H groups in total. The SMILES string of the molecule is CCCCCCCCC/C=C/C/C=C/C/C=C/C/C=C/CCCC(=O)N[C@@H](COP(=O)(O)OCC[N+](C)(C)C)[C@H](O)CCCC/C=C/CCCCCCCCCCCC. The highest BCUT2D eigenvalue weighted by atomic mass is 31.2. The number of allylic oxidation sites excluding steroid dienone is 10. The number of quaternary nitrogens is 1. The van der Waals surface area contributed by atoms with Gasteiger partial charge in [0.05, 0.1) is 39.9 Å². The van der Waals surface area contributed by atoms with Gasteiger partial charge in [-0.15, -0.1) is 0 Å². The predicted molar refractivity (Wildman–Crippen MR) is 254 cm³/mol. The van der Waals surface area contributed by atoms with Gasteiger partial charge in [0.1, 0.15) is 13.2 Å². The molecule has 0 aliphatic heterocycles. The standard InChI is InChI=1S/C50H93N2O6P/c1-6-8-10-12-14-16-18-20-22-24-25-26-27-28-30-32-34-36-38-40-42-44-50(54)51-48(47-58-59(55,56)57-46-45-52(3,4)5)49(53)43-41-39-37-35-33-31-29-23-21-19-17-15-13-11-9-7-2/h22,24,26-27,30,32-33,35-36,38,48-49,53H,6-21,23,25,28-29,31,34,37,39-47H2,1-5H3,(H-,51,54,55,56)/p+1/b24-22+,27-26+,32-30+,35-33+,38-36+/t48-,49+/m0/s1. The molecule has 0 heterocycles. The van der Waals surface area contributed by atoms with Crippen molar-refractivity contribution in [2.75, 3.05) is 40.9 Å². The number of carbonyl (C=O) groups excluding carboxylic acids is 1. The molecule has 0 aromatic heterocycles. The largest absolute Gasteiger partial charge is 0.472 e. The van der Waals surface area contributed by atoms with Gasteiger partial charge in [0.2, 0.25) is 5.91 Å². The van der Waals surface area contributed by atoms with Crippen molar-refractivity contribution in [1.29, 1.82) is 0 Å². The Morgan fingerprint density at radius 3 is 1.42 bits per heavy atom. The van der Waals surface area contributed by atoms with Gasteiger partial charge in [-0.05, 0) is 77.0 Å². The molecule has 0 saturated carbocycles. The Morgan fingerprint density at radius 1 is 0.576 bits per heavy atom. The molecular weight excluding hydrogens is 756 g/mol. The fourth-order valence-electron chi connectivity index (χ4n) is 6.62. The van der Waals surface area contributed by atoms with Crippen LogP contribution < -0.4 is 5.32 Å². The minimum Gasteiger partial charge on any atom is -0.391 e. The van der Waals surface area contributed by atoms with Gasteiger partial charge in [-0.2, -0.15) is 0 Å². The van der Waals surface area contributed by atoms with Crippen LogP contribution in [0.25, 0.3) is 0 Å². The lowest BCUT2D eigenvalue weighted by Gasteiger charge is -2.26. The molecule has 0 spiro atoms. The molecule has 344 valence electrons. The van der Waals surface area contributed by atoms with E-state index in [9.17, 15) is 19.4 Å². The Bertz CT molecular complexity index is 1140. The van der Waals surface area contributed by atoms with Crippen molar-refractivity contribution in [2.45, 2.75) is 212 Å². The summed E-state index contributed by atoms with van der Waals surface area (Å²) in [6.07, 6.45) is 54.1. The number of nitrogens with one attached hydrogen (secondary N) is 1. The third-order valence-electron chi connectivity index (χ3n) is 10.5. The van der Waals surface area contributed by atoms with Gasteiger partial charge in [0.25, 0.3) is 0 Å². The average Bonchev–Trinajstić information content (AvgIpc) is 3.19. The maximum Gasteiger partial charge on any atom is 0.472 e. The summed E-state index contributed by atoms with van der Waals surface area (Å²) < 4.78 is 23.6. The Hall–Kier alpha value is -1.80. The van der Waals surface area contributed by atoms with E-state index in [1.807, 2.05) is 21.1 Å². The fourth-order valence-corrected chi connectivity index (χ4v) is 7.36. The molecule has 8 nitrogen and oxygen atoms in total. The summed E-state index contributed by atoms with van der Waals surface area (Å²) in [5.74, 6) is -0.209. The number of rotatable bonds is 43. The van der Waals surface area contributed by atoms with Crippen molar-refractivity contribution in [3.63, 3.8) is 0 Å². The van der Waals surface area contributed by atoms with E-state index < -0.39 is 20.0 Å². The molecule has 0 saturated heterocycles. The normalized spacial score (nSPS) is 14.8. The maximum atomic E-state index is 12.9. The smallest absolute Gasteiger partial charge is 0.391 e. The van der Waals surface area contributed by atoms with Crippen LogP contribution in [0.2, 0.25) is 0 Å². The van der Waals surface area contributed by atoms with E-state index in [4.69, 9.17) is 9.05 Å². The number of phosphoric acid groups is 1. The lowest BCUT2D eigenvalue weighted by atomic mass is 10.0. The molecule has 1 unspecified atom stereocenters. The number of phosphoric ester groups is 1. The van der Waals surface area contributed by atoms with Crippen LogP contribution in [0, 0.1) is 0 Å². The molecular formula is C50H94N2O6P+. The van der Waals surface area contributed by atoms with E-state index in [1.165, 1.54) is 116 Å². The summed E-state index contributed by atoms with van der Waals surface area (Å²) in [7, 11) is 1.56. The summed E-state index contributed by atoms with van der Waals surface area (Å²) in [4.78, 5) is 23.2. The van der Waals surface area contributed by atoms with Crippen LogP contribution in [0.1, 0.15) is 200 Å². The minimum atomic E-state index is -4.34. The molecule has 0 aromatic rings. The Kier molecular flexibility index (Phi) is 40.3. The Balaban J connectivity index is 4.47. The van der Waals surface area contributed by atoms with Crippen LogP contribution in [0.5, 0.6) is 0 Å². The second kappa shape index (κ2) is 41.5. The number of carbonyl (C=O) groups is 1. The zero-order valence-electron chi connectivity index (χ0n) is 39.0. The average molecular weight is 850 g/mol. The first kappa shape index (κ1) is 57.2. The highest BCUT2D eigenvalue weighted by molar-refractivity contribution is 7.47. The summed E-state index contributed by atoms with van der Waals surface area (Å²) in [6.45, 7) is 4.81. The predicted octanol–water partition coefficient (Wildman–Crippen LogP) is 13.8. The lowest BCUT2D eigenvalue weighted by molar-refractivity contribution is -0.870. The summed E-state index contributed by atoms with van der Waals surface area (Å²) in [5, 5.41) is 13.9. The molecule has 0 rings (SSSR count). The summed E-state index contributed by atoms with van der Waals surface area (Å²) in [5.41, 5.74) is 0. The molecule has 0 aliphatic carbocycles. The van der Waals surface area contributed by atoms with Gasteiger partial charge in [0, 0.05) is 6.42 Å². The Morgan fingerprint density at radius 2 is 0.966 bits per heavy atom. The minimum absolute atomic E-state index is 0.0568. The van der Waals surface area contributed by atoms with Crippen molar-refractivity contribution >= 4 is 13.7 Å². The van der Waals surface area contributed by atoms with Crippen LogP contribution >= 0.6 is 7.82 Å². The van der Waals surface area contributed by atoms with Crippen LogP contribution in [-0.2, 0) is 18.4 Å². The van der Waals surface area contributed by atoms with E-state index in [2.05, 4.69) is 79.9 Å². The summed E-state index contributed by atoms with van der Waals surface area (Å²) >= 11 is 0. The van der Waals surface area contributed by atoms with E-state index in [0.717, 1.165) is 51.4 Å². The quantitative estimate of drug-likeness (QED) is 0.0244. The molecule has 3 atom stereocenters. The maximum absolute atomic E-state index is 12.9. The van der Waals surface area contributed by atoms with E-state index in [-0.39, 0.29) is 19.1 Å². The first-order chi connectivity index (χ1) is 28.5. The topological polar surface area (TPSA) is 105 Å². The van der Waals surface area contributed by atoms with Crippen molar-refractivity contribution in [3.05, 3.63) is 60.8 Å². The molecule has 9 heteroatoms. The second-order valence-corrected chi connectivity index (χ2v) is 18.9. The zero-order valence-corrected chi connectivity index (χ0v) is 39.9. The third kappa shape index (κ3) is 44.1. The lowest BCUT2D eigenvalue weighted by Crippen LogP contribution is -2.46. The van der Waals surface area contributed by atoms with Crippen molar-refractivity contribution < 1.29 is 32.9 Å². The summed E-state index contributed by atoms with van der Waals surface area (Å²) in [6, 6.07) is -0.808. The van der Waals surface area contributed by atoms with Crippen LogP contribution in [0.15, 0.2) is 60.8 Å². The highest BCUT2D eigenvalue weighted by Crippen LogP contribution is 2.43. The number of likely N-dealkylation sites (N-methyl/N-ethyl adjacent to an activating group) is 1. The number of nitrogens with zero attached hydrogens (tertiary/aromatic N) is 1. The molecule has 0 fully saturated rings. The fraction of sp³-hybridized carbons (Fsp3) is 0.780. The number of aliphatic hydroxyl groups excluding tert-OH is 1. The van der Waals surface area contributed by atoms with Crippen molar-refractivity contribution in [1.82, 2.24) is 5.32 Å². The zero-order chi connectivity index (χ0) is 43.6. The highest BCUT2D eigenvalue weighted by Gasteiger charge is 2.28. The van der Waals surface area contributed by atoms with E-state index in [0.29, 0.717) is 30.3 Å². The first-order valence-electron chi connectivity index (χ1n) is 24.2. The van der Waals surface area contributed by atoms with E-state index in [1.54, 1.807) is 0 Å². The van der Waals surface area contributed by atoms with Gasteiger partial charge in [-0.3, -0.25) is 13.8 Å². The van der Waals surface area contributed by atoms with Gasteiger partial charge in [-0.1, -0.05) is 177 Å². The number of hydrogen-bond acceptors (Lipinski definition) is 5. The van der Waals surface area contributed by atoms with E-state index >= 15 is 0 Å². The first-order valence-corrected chi connectivity index (χ1v) is 25.6. The monoisotopic (exact) mass is 850 g/mol. The molecule has 0 aliphatic rings. The number of hydrogen-bond donors (Lipinski definition) is 3. The number of amides is 1. The van der Waals surface area contributed by atoms with Gasteiger partial charge < -0.3 is 19.8 Å². The third-order valence-corrected chi connectivity index (χ3v) is 11.5. The van der Waals surface area contributed by atoms with Gasteiger partial charge in [0.15, 0.2) is 0 Å². The van der Waals surface area contributed by atoms with Crippen molar-refractivity contribution in [3.8, 4) is 0 Å². The number of unbranched alkanes of at least 4 members (excludes halogenated alkanes) is 20. The molecule has 0 bridgehead atoms. The van der Waals surface area contributed by atoms with Crippen LogP contribution in [-0.4, -0.2) is 73.4 Å². The van der Waals surface area contributed by atoms with Crippen LogP contribution in [0.3, 0.4) is 0 Å². The van der Waals surface area contributed by atoms with Gasteiger partial charge >= 0.3 is 7.82 Å². The molecule has 0 aromatic carbocycles. The van der Waals surface area contributed by atoms with Gasteiger partial charge in [-0.25, -0.2) is 4.57 Å². The molecule has 0 radical (unpaired) electrons. The van der Waals surface area contributed by atoms with Crippen LogP contribution in [0.4, 0.5) is 0 Å².